The van der Waals surface area contributed by atoms with Crippen LogP contribution in [0.5, 0.6) is 0 Å². The molecular weight excluding hydrogens is 420 g/mol. The van der Waals surface area contributed by atoms with Gasteiger partial charge in [0.15, 0.2) is 11.6 Å². The summed E-state index contributed by atoms with van der Waals surface area (Å²) in [4.78, 5) is 38.1. The van der Waals surface area contributed by atoms with E-state index in [1.54, 1.807) is 17.4 Å². The van der Waals surface area contributed by atoms with Crippen molar-refractivity contribution >= 4 is 28.9 Å². The van der Waals surface area contributed by atoms with Crippen molar-refractivity contribution in [1.82, 2.24) is 0 Å². The van der Waals surface area contributed by atoms with Crippen LogP contribution in [-0.4, -0.2) is 24.1 Å². The Morgan fingerprint density at radius 1 is 1.25 bits per heavy atom. The molecule has 168 valence electrons. The number of hydrogen-bond acceptors (Lipinski definition) is 5. The predicted molar refractivity (Wildman–Crippen MR) is 124 cm³/mol. The van der Waals surface area contributed by atoms with Gasteiger partial charge in [-0.3, -0.25) is 14.4 Å². The maximum atomic E-state index is 13.5. The lowest BCUT2D eigenvalue weighted by Crippen LogP contribution is -2.45. The number of Topliss-reactive ketones (excluding diaryl/α,β-unsaturated/α-hetero) is 1. The molecule has 5 heteroatoms. The van der Waals surface area contributed by atoms with Crippen molar-refractivity contribution in [1.29, 1.82) is 0 Å². The average Bonchev–Trinajstić information content (AvgIpc) is 3.38. The van der Waals surface area contributed by atoms with Gasteiger partial charge in [-0.05, 0) is 73.5 Å². The molecule has 0 N–H and O–H groups in total. The topological polar surface area (TPSA) is 60.4 Å². The van der Waals surface area contributed by atoms with Crippen LogP contribution in [0.2, 0.25) is 0 Å². The molecule has 0 amide bonds. The summed E-state index contributed by atoms with van der Waals surface area (Å²) < 4.78 is 5.16. The van der Waals surface area contributed by atoms with E-state index in [4.69, 9.17) is 4.74 Å². The van der Waals surface area contributed by atoms with Gasteiger partial charge in [-0.25, -0.2) is 0 Å². The van der Waals surface area contributed by atoms with Gasteiger partial charge in [0.1, 0.15) is 6.61 Å². The molecule has 0 spiro atoms. The number of carbonyl (C=O) groups is 3. The maximum absolute atomic E-state index is 13.5. The van der Waals surface area contributed by atoms with Gasteiger partial charge in [0.25, 0.3) is 0 Å². The van der Waals surface area contributed by atoms with Crippen LogP contribution in [0.1, 0.15) is 57.2 Å². The lowest BCUT2D eigenvalue weighted by Gasteiger charge is -2.52. The largest absolute Gasteiger partial charge is 0.458 e. The Bertz CT molecular complexity index is 1060. The van der Waals surface area contributed by atoms with Gasteiger partial charge in [0.05, 0.1) is 0 Å². The molecule has 2 fully saturated rings. The molecule has 0 aliphatic heterocycles. The molecule has 0 bridgehead atoms. The number of hydrogen-bond donors (Lipinski definition) is 0. The van der Waals surface area contributed by atoms with Crippen molar-refractivity contribution < 1.29 is 19.1 Å². The molecule has 1 heterocycles. The molecule has 4 nitrogen and oxygen atoms in total. The van der Waals surface area contributed by atoms with E-state index in [9.17, 15) is 14.4 Å². The highest BCUT2D eigenvalue weighted by atomic mass is 32.1. The van der Waals surface area contributed by atoms with Crippen molar-refractivity contribution in [2.45, 2.75) is 52.4 Å². The van der Waals surface area contributed by atoms with Crippen molar-refractivity contribution in [3.8, 4) is 0 Å². The van der Waals surface area contributed by atoms with Crippen LogP contribution in [0, 0.1) is 28.6 Å². The fourth-order valence-corrected chi connectivity index (χ4v) is 8.09. The first kappa shape index (κ1) is 21.6. The molecule has 6 atom stereocenters. The zero-order chi connectivity index (χ0) is 22.7. The van der Waals surface area contributed by atoms with Gasteiger partial charge in [0, 0.05) is 29.1 Å². The molecule has 2 unspecified atom stereocenters. The number of fused-ring (bicyclic) bond motifs is 5. The number of esters is 1. The first-order valence-electron chi connectivity index (χ1n) is 11.6. The lowest BCUT2D eigenvalue weighted by molar-refractivity contribution is -0.148. The third-order valence-electron chi connectivity index (χ3n) is 8.68. The van der Waals surface area contributed by atoms with Crippen LogP contribution in [0.15, 0.2) is 53.0 Å². The summed E-state index contributed by atoms with van der Waals surface area (Å²) in [7, 11) is 0. The highest BCUT2D eigenvalue weighted by Crippen LogP contribution is 2.67. The SMILES string of the molecule is CC(=O)OCC(=O)[C@H]1[C@H](c2cccs2)CC2C3CCC4=CC(=O)C=C[C@]4(C)C3=CC[C@@]21C. The van der Waals surface area contributed by atoms with E-state index in [0.29, 0.717) is 11.8 Å². The van der Waals surface area contributed by atoms with Gasteiger partial charge in [-0.1, -0.05) is 36.3 Å². The van der Waals surface area contributed by atoms with Gasteiger partial charge >= 0.3 is 5.97 Å². The second-order valence-electron chi connectivity index (χ2n) is 10.3. The van der Waals surface area contributed by atoms with E-state index in [0.717, 1.165) is 25.7 Å². The predicted octanol–water partition coefficient (Wildman–Crippen LogP) is 5.42. The Morgan fingerprint density at radius 2 is 2.06 bits per heavy atom. The first-order valence-corrected chi connectivity index (χ1v) is 12.5. The molecule has 32 heavy (non-hydrogen) atoms. The third-order valence-corrected chi connectivity index (χ3v) is 9.68. The molecule has 1 aromatic heterocycles. The summed E-state index contributed by atoms with van der Waals surface area (Å²) in [6.07, 6.45) is 11.8. The van der Waals surface area contributed by atoms with E-state index < -0.39 is 5.97 Å². The van der Waals surface area contributed by atoms with Crippen LogP contribution in [0.4, 0.5) is 0 Å². The van der Waals surface area contributed by atoms with Crippen molar-refractivity contribution in [2.24, 2.45) is 28.6 Å². The highest BCUT2D eigenvalue weighted by Gasteiger charge is 2.60. The second kappa shape index (κ2) is 7.65. The summed E-state index contributed by atoms with van der Waals surface area (Å²) in [5.74, 6) is 0.534. The number of ether oxygens (including phenoxy) is 1. The van der Waals surface area contributed by atoms with Crippen LogP contribution in [0.25, 0.3) is 0 Å². The number of allylic oxidation sites excluding steroid dienone is 6. The Hall–Kier alpha value is -2.27. The summed E-state index contributed by atoms with van der Waals surface area (Å²) in [5, 5.41) is 2.08. The third kappa shape index (κ3) is 3.20. The van der Waals surface area contributed by atoms with Gasteiger partial charge < -0.3 is 4.74 Å². The Kier molecular flexibility index (Phi) is 5.16. The van der Waals surface area contributed by atoms with Crippen molar-refractivity contribution in [3.63, 3.8) is 0 Å². The summed E-state index contributed by atoms with van der Waals surface area (Å²) in [5.41, 5.74) is 2.31. The molecule has 2 saturated carbocycles. The van der Waals surface area contributed by atoms with Crippen molar-refractivity contribution in [3.05, 3.63) is 57.8 Å². The summed E-state index contributed by atoms with van der Waals surface area (Å²) in [6, 6.07) is 4.21. The molecule has 5 rings (SSSR count). The first-order chi connectivity index (χ1) is 15.2. The molecule has 0 saturated heterocycles. The van der Waals surface area contributed by atoms with E-state index in [-0.39, 0.29) is 40.8 Å². The van der Waals surface area contributed by atoms with E-state index in [1.807, 2.05) is 6.08 Å². The van der Waals surface area contributed by atoms with Gasteiger partial charge in [-0.2, -0.15) is 0 Å². The number of ketones is 2. The average molecular weight is 451 g/mol. The number of rotatable bonds is 4. The normalized spacial score (nSPS) is 37.7. The van der Waals surface area contributed by atoms with Gasteiger partial charge in [0.2, 0.25) is 0 Å². The standard InChI is InChI=1S/C27H30O4S/c1-16(28)31-15-23(30)25-20(24-5-4-12-32-24)14-22-19-7-6-17-13-18(29)8-10-26(17,2)21(19)9-11-27(22,25)3/h4-5,8-10,12-13,19-20,22,25H,6-7,11,14-15H2,1-3H3/t19?,20-,22?,25+,26-,27-/m0/s1. The van der Waals surface area contributed by atoms with Crippen LogP contribution < -0.4 is 0 Å². The smallest absolute Gasteiger partial charge is 0.303 e. The maximum Gasteiger partial charge on any atom is 0.303 e. The van der Waals surface area contributed by atoms with Gasteiger partial charge in [-0.15, -0.1) is 11.3 Å². The molecular formula is C27H30O4S. The van der Waals surface area contributed by atoms with Crippen LogP contribution in [0.3, 0.4) is 0 Å². The minimum atomic E-state index is -0.408. The fourth-order valence-electron chi connectivity index (χ4n) is 7.21. The second-order valence-corrected chi connectivity index (χ2v) is 11.3. The molecule has 1 aromatic rings. The molecule has 0 radical (unpaired) electrons. The van der Waals surface area contributed by atoms with Crippen LogP contribution >= 0.6 is 11.3 Å². The quantitative estimate of drug-likeness (QED) is 0.454. The van der Waals surface area contributed by atoms with E-state index in [1.165, 1.54) is 22.9 Å². The number of carbonyl (C=O) groups excluding carboxylic acids is 3. The Labute approximate surface area is 193 Å². The minimum Gasteiger partial charge on any atom is -0.458 e. The Morgan fingerprint density at radius 3 is 2.78 bits per heavy atom. The van der Waals surface area contributed by atoms with Crippen LogP contribution in [-0.2, 0) is 19.1 Å². The van der Waals surface area contributed by atoms with E-state index >= 15 is 0 Å². The molecule has 4 aliphatic carbocycles. The Balaban J connectivity index is 1.53. The van der Waals surface area contributed by atoms with Crippen molar-refractivity contribution in [2.75, 3.05) is 6.61 Å². The van der Waals surface area contributed by atoms with E-state index in [2.05, 4.69) is 43.5 Å². The minimum absolute atomic E-state index is 0.0474. The lowest BCUT2D eigenvalue weighted by atomic mass is 9.52. The monoisotopic (exact) mass is 450 g/mol. The molecule has 0 aromatic carbocycles. The zero-order valence-corrected chi connectivity index (χ0v) is 19.7. The zero-order valence-electron chi connectivity index (χ0n) is 18.9. The summed E-state index contributed by atoms with van der Waals surface area (Å²) >= 11 is 1.72. The summed E-state index contributed by atoms with van der Waals surface area (Å²) in [6.45, 7) is 5.75. The number of thiophene rings is 1. The fraction of sp³-hybridized carbons (Fsp3) is 0.519. The molecule has 4 aliphatic rings. The highest BCUT2D eigenvalue weighted by molar-refractivity contribution is 7.10.